The highest BCUT2D eigenvalue weighted by molar-refractivity contribution is 6.75. The van der Waals surface area contributed by atoms with Crippen molar-refractivity contribution in [3.63, 3.8) is 0 Å². The van der Waals surface area contributed by atoms with Crippen molar-refractivity contribution in [2.45, 2.75) is 0 Å². The summed E-state index contributed by atoms with van der Waals surface area (Å²) in [6, 6.07) is 0. The smallest absolute Gasteiger partial charge is 0.259 e. The summed E-state index contributed by atoms with van der Waals surface area (Å²) in [5, 5.41) is 0. The summed E-state index contributed by atoms with van der Waals surface area (Å²) in [4.78, 5) is 0. The van der Waals surface area contributed by atoms with Gasteiger partial charge >= 0.3 is 0 Å². The van der Waals surface area contributed by atoms with Crippen LogP contribution in [0.1, 0.15) is 0 Å². The van der Waals surface area contributed by atoms with Crippen molar-refractivity contribution in [2.24, 2.45) is 0 Å². The van der Waals surface area contributed by atoms with Gasteiger partial charge in [0.2, 0.25) is 0 Å². The van der Waals surface area contributed by atoms with E-state index in [4.69, 9.17) is 17.6 Å². The SMILES string of the molecule is C#C[Si](C#C)COC. The van der Waals surface area contributed by atoms with Crippen LogP contribution < -0.4 is 0 Å². The molecule has 0 saturated heterocycles. The van der Waals surface area contributed by atoms with Crippen LogP contribution in [0, 0.1) is 23.9 Å². The van der Waals surface area contributed by atoms with Crippen molar-refractivity contribution in [1.29, 1.82) is 0 Å². The molecule has 1 nitrogen and oxygen atoms in total. The van der Waals surface area contributed by atoms with Crippen LogP contribution in [-0.2, 0) is 4.74 Å². The van der Waals surface area contributed by atoms with Crippen molar-refractivity contribution in [1.82, 2.24) is 0 Å². The van der Waals surface area contributed by atoms with Crippen molar-refractivity contribution >= 4 is 8.80 Å². The normalized spacial score (nSPS) is 8.00. The van der Waals surface area contributed by atoms with Gasteiger partial charge in [-0.1, -0.05) is 0 Å². The largest absolute Gasteiger partial charge is 0.386 e. The predicted molar refractivity (Wildman–Crippen MR) is 35.3 cm³/mol. The summed E-state index contributed by atoms with van der Waals surface area (Å²) in [6.07, 6.45) is 10.6. The quantitative estimate of drug-likeness (QED) is 0.371. The number of hydrogen-bond donors (Lipinski definition) is 0. The zero-order valence-corrected chi connectivity index (χ0v) is 5.77. The van der Waals surface area contributed by atoms with Gasteiger partial charge in [0.15, 0.2) is 0 Å². The minimum Gasteiger partial charge on any atom is -0.386 e. The minimum absolute atomic E-state index is 0.553. The van der Waals surface area contributed by atoms with Crippen LogP contribution in [0.15, 0.2) is 0 Å². The second-order valence-electron chi connectivity index (χ2n) is 1.20. The summed E-state index contributed by atoms with van der Waals surface area (Å²) < 4.78 is 4.75. The van der Waals surface area contributed by atoms with Crippen LogP contribution in [0.4, 0.5) is 0 Å². The first kappa shape index (κ1) is 7.30. The summed E-state index contributed by atoms with van der Waals surface area (Å²) in [5.74, 6) is 0. The Balaban J connectivity index is 3.46. The highest BCUT2D eigenvalue weighted by atomic mass is 28.3. The van der Waals surface area contributed by atoms with Gasteiger partial charge in [0, 0.05) is 7.11 Å². The van der Waals surface area contributed by atoms with Gasteiger partial charge in [0.25, 0.3) is 8.80 Å². The van der Waals surface area contributed by atoms with Gasteiger partial charge in [0.05, 0.1) is 6.23 Å². The summed E-state index contributed by atoms with van der Waals surface area (Å²) in [7, 11) is 0.556. The molecule has 0 aliphatic rings. The number of terminal acetylenes is 2. The maximum Gasteiger partial charge on any atom is 0.259 e. The number of methoxy groups -OCH3 is 1. The molecular formula is C6H7OSi. The average Bonchev–Trinajstić information content (AvgIpc) is 1.83. The Labute approximate surface area is 51.7 Å². The summed E-state index contributed by atoms with van der Waals surface area (Å²) in [5.41, 5.74) is 4.99. The molecule has 0 aromatic carbocycles. The van der Waals surface area contributed by atoms with Crippen LogP contribution in [0.3, 0.4) is 0 Å². The molecule has 0 bridgehead atoms. The zero-order valence-electron chi connectivity index (χ0n) is 4.77. The van der Waals surface area contributed by atoms with Crippen molar-refractivity contribution in [3.8, 4) is 23.9 Å². The molecule has 0 aromatic rings. The lowest BCUT2D eigenvalue weighted by atomic mass is 11.4. The topological polar surface area (TPSA) is 9.23 Å². The monoisotopic (exact) mass is 123 g/mol. The third-order valence-electron chi connectivity index (χ3n) is 0.637. The molecule has 0 saturated carbocycles. The Morgan fingerprint density at radius 1 is 1.50 bits per heavy atom. The Hall–Kier alpha value is -0.703. The first-order valence-corrected chi connectivity index (χ1v) is 3.83. The molecule has 0 rings (SSSR count). The molecule has 0 amide bonds. The standard InChI is InChI=1S/C6H7OSi/c1-4-8(5-2)6-7-3/h1-2H,6H2,3H3. The molecule has 0 atom stereocenters. The fraction of sp³-hybridized carbons (Fsp3) is 0.333. The second-order valence-corrected chi connectivity index (χ2v) is 3.02. The molecule has 41 valence electrons. The van der Waals surface area contributed by atoms with Gasteiger partial charge in [-0.25, -0.2) is 0 Å². The highest BCUT2D eigenvalue weighted by Crippen LogP contribution is 1.75. The molecule has 1 radical (unpaired) electrons. The molecule has 0 spiro atoms. The molecule has 0 heterocycles. The Morgan fingerprint density at radius 3 is 2.12 bits per heavy atom. The summed E-state index contributed by atoms with van der Waals surface area (Å²) in [6.45, 7) is 0. The molecule has 0 aliphatic heterocycles. The fourth-order valence-electron chi connectivity index (χ4n) is 0.269. The van der Waals surface area contributed by atoms with E-state index in [-0.39, 0.29) is 0 Å². The summed E-state index contributed by atoms with van der Waals surface area (Å²) >= 11 is 0. The molecule has 0 unspecified atom stereocenters. The Morgan fingerprint density at radius 2 is 2.00 bits per heavy atom. The molecule has 0 N–H and O–H groups in total. The number of rotatable bonds is 2. The van der Waals surface area contributed by atoms with Crippen LogP contribution in [0.25, 0.3) is 0 Å². The number of ether oxygens (including phenoxy) is 1. The van der Waals surface area contributed by atoms with E-state index in [2.05, 4.69) is 11.1 Å². The van der Waals surface area contributed by atoms with Crippen molar-refractivity contribution in [3.05, 3.63) is 0 Å². The van der Waals surface area contributed by atoms with Gasteiger partial charge in [-0.2, -0.15) is 0 Å². The maximum absolute atomic E-state index is 5.04. The lowest BCUT2D eigenvalue weighted by Gasteiger charge is -1.93. The van der Waals surface area contributed by atoms with E-state index in [0.717, 1.165) is 0 Å². The van der Waals surface area contributed by atoms with Gasteiger partial charge in [0.1, 0.15) is 0 Å². The van der Waals surface area contributed by atoms with E-state index in [1.807, 2.05) is 0 Å². The first-order chi connectivity index (χ1) is 3.85. The van der Waals surface area contributed by atoms with Crippen molar-refractivity contribution in [2.75, 3.05) is 13.3 Å². The average molecular weight is 123 g/mol. The van der Waals surface area contributed by atoms with Gasteiger partial charge < -0.3 is 4.74 Å². The molecule has 0 aliphatic carbocycles. The van der Waals surface area contributed by atoms with E-state index < -0.39 is 8.80 Å². The minimum atomic E-state index is -1.04. The van der Waals surface area contributed by atoms with Gasteiger partial charge in [-0.3, -0.25) is 0 Å². The van der Waals surface area contributed by atoms with Crippen molar-refractivity contribution < 1.29 is 4.74 Å². The van der Waals surface area contributed by atoms with Crippen LogP contribution in [-0.4, -0.2) is 22.1 Å². The number of hydrogen-bond acceptors (Lipinski definition) is 1. The third-order valence-corrected chi connectivity index (χ3v) is 1.91. The van der Waals surface area contributed by atoms with E-state index in [0.29, 0.717) is 6.23 Å². The fourth-order valence-corrected chi connectivity index (χ4v) is 0.808. The van der Waals surface area contributed by atoms with Gasteiger partial charge in [-0.15, -0.1) is 23.9 Å². The van der Waals surface area contributed by atoms with Gasteiger partial charge in [-0.05, 0) is 0 Å². The van der Waals surface area contributed by atoms with E-state index in [1.54, 1.807) is 7.11 Å². The van der Waals surface area contributed by atoms with E-state index in [1.165, 1.54) is 0 Å². The molecule has 0 aromatic heterocycles. The predicted octanol–water partition coefficient (Wildman–Crippen LogP) is 0.0116. The Kier molecular flexibility index (Phi) is 4.06. The highest BCUT2D eigenvalue weighted by Gasteiger charge is 2.00. The van der Waals surface area contributed by atoms with E-state index >= 15 is 0 Å². The zero-order chi connectivity index (χ0) is 6.41. The van der Waals surface area contributed by atoms with Crippen LogP contribution >= 0.6 is 0 Å². The second kappa shape index (κ2) is 4.46. The third kappa shape index (κ3) is 2.47. The lowest BCUT2D eigenvalue weighted by Crippen LogP contribution is -2.15. The molecule has 2 heteroatoms. The molecule has 0 fully saturated rings. The molecule has 8 heavy (non-hydrogen) atoms. The van der Waals surface area contributed by atoms with Crippen LogP contribution in [0.5, 0.6) is 0 Å². The Bertz CT molecular complexity index is 114. The lowest BCUT2D eigenvalue weighted by molar-refractivity contribution is 0.251. The molecular weight excluding hydrogens is 116 g/mol. The van der Waals surface area contributed by atoms with E-state index in [9.17, 15) is 0 Å². The maximum atomic E-state index is 5.04. The first-order valence-electron chi connectivity index (χ1n) is 2.13. The van der Waals surface area contributed by atoms with Crippen LogP contribution in [0.2, 0.25) is 0 Å².